The molecule has 21 heavy (non-hydrogen) atoms. The molecule has 4 N–H and O–H groups in total. The van der Waals surface area contributed by atoms with Gasteiger partial charge in [0.15, 0.2) is 0 Å². The van der Waals surface area contributed by atoms with Crippen LogP contribution in [-0.2, 0) is 24.1 Å². The maximum atomic E-state index is 10.6. The van der Waals surface area contributed by atoms with Crippen LogP contribution >= 0.6 is 0 Å². The predicted molar refractivity (Wildman–Crippen MR) is 85.8 cm³/mol. The molecule has 0 heterocycles. The highest BCUT2D eigenvalue weighted by atomic mass is 16.1. The molecule has 3 nitrogen and oxygen atoms in total. The molecule has 2 aromatic rings. The lowest BCUT2D eigenvalue weighted by atomic mass is 10.1. The average molecular weight is 282 g/mol. The molecule has 3 rings (SSSR count). The van der Waals surface area contributed by atoms with Crippen LogP contribution in [0.3, 0.4) is 0 Å². The first-order valence-corrected chi connectivity index (χ1v) is 7.32. The predicted octanol–water partition coefficient (Wildman–Crippen LogP) is 2.22. The fourth-order valence-corrected chi connectivity index (χ4v) is 2.48. The van der Waals surface area contributed by atoms with Crippen LogP contribution in [0.25, 0.3) is 0 Å². The van der Waals surface area contributed by atoms with Gasteiger partial charge in [-0.15, -0.1) is 0 Å². The van der Waals surface area contributed by atoms with Gasteiger partial charge in [-0.3, -0.25) is 4.79 Å². The lowest BCUT2D eigenvalue weighted by molar-refractivity contribution is -0.119. The normalized spacial score (nSPS) is 13.8. The van der Waals surface area contributed by atoms with Gasteiger partial charge in [-0.25, -0.2) is 0 Å². The Morgan fingerprint density at radius 3 is 2.00 bits per heavy atom. The molecule has 1 aliphatic rings. The van der Waals surface area contributed by atoms with Gasteiger partial charge in [-0.05, 0) is 42.4 Å². The minimum Gasteiger partial charge on any atom is -0.368 e. The SMILES string of the molecule is NC(=O)C(N)Cc1ccccc1.c1ccc2c(c1)CCC2. The molecule has 0 saturated heterocycles. The van der Waals surface area contributed by atoms with E-state index in [1.807, 2.05) is 30.3 Å². The second kappa shape index (κ2) is 7.60. The summed E-state index contributed by atoms with van der Waals surface area (Å²) in [5, 5.41) is 0. The van der Waals surface area contributed by atoms with Crippen molar-refractivity contribution < 1.29 is 4.79 Å². The van der Waals surface area contributed by atoms with Gasteiger partial charge in [0.1, 0.15) is 0 Å². The van der Waals surface area contributed by atoms with Crippen molar-refractivity contribution in [1.29, 1.82) is 0 Å². The maximum absolute atomic E-state index is 10.6. The van der Waals surface area contributed by atoms with Gasteiger partial charge in [-0.1, -0.05) is 54.6 Å². The first-order chi connectivity index (χ1) is 10.2. The van der Waals surface area contributed by atoms with Crippen LogP contribution < -0.4 is 11.5 Å². The van der Waals surface area contributed by atoms with Crippen LogP contribution in [0, 0.1) is 0 Å². The number of aryl methyl sites for hydroxylation is 2. The number of fused-ring (bicyclic) bond motifs is 1. The molecule has 1 unspecified atom stereocenters. The second-order valence-electron chi connectivity index (χ2n) is 5.32. The lowest BCUT2D eigenvalue weighted by Gasteiger charge is -2.06. The third kappa shape index (κ3) is 4.72. The molecule has 0 radical (unpaired) electrons. The van der Waals surface area contributed by atoms with Crippen molar-refractivity contribution in [3.8, 4) is 0 Å². The number of carbonyl (C=O) groups excluding carboxylic acids is 1. The zero-order valence-corrected chi connectivity index (χ0v) is 12.2. The minimum absolute atomic E-state index is 0.459. The summed E-state index contributed by atoms with van der Waals surface area (Å²) in [5.41, 5.74) is 14.7. The third-order valence-electron chi connectivity index (χ3n) is 3.67. The summed E-state index contributed by atoms with van der Waals surface area (Å²) in [6.07, 6.45) is 4.47. The number of benzene rings is 2. The summed E-state index contributed by atoms with van der Waals surface area (Å²) in [7, 11) is 0. The number of primary amides is 1. The summed E-state index contributed by atoms with van der Waals surface area (Å²) in [5.74, 6) is -0.459. The number of amides is 1. The molecule has 0 aromatic heterocycles. The third-order valence-corrected chi connectivity index (χ3v) is 3.67. The van der Waals surface area contributed by atoms with E-state index in [1.54, 1.807) is 11.1 Å². The summed E-state index contributed by atoms with van der Waals surface area (Å²) in [4.78, 5) is 10.6. The van der Waals surface area contributed by atoms with E-state index >= 15 is 0 Å². The number of hydrogen-bond donors (Lipinski definition) is 2. The van der Waals surface area contributed by atoms with Crippen LogP contribution in [0.4, 0.5) is 0 Å². The molecule has 2 aromatic carbocycles. The molecular weight excluding hydrogens is 260 g/mol. The molecule has 1 aliphatic carbocycles. The Balaban J connectivity index is 0.000000159. The molecule has 0 saturated carbocycles. The summed E-state index contributed by atoms with van der Waals surface area (Å²) < 4.78 is 0. The van der Waals surface area contributed by atoms with Gasteiger partial charge in [0.05, 0.1) is 6.04 Å². The Morgan fingerprint density at radius 2 is 1.48 bits per heavy atom. The Labute approximate surface area is 126 Å². The van der Waals surface area contributed by atoms with Gasteiger partial charge < -0.3 is 11.5 Å². The Morgan fingerprint density at radius 1 is 0.952 bits per heavy atom. The summed E-state index contributed by atoms with van der Waals surface area (Å²) in [6, 6.07) is 17.7. The summed E-state index contributed by atoms with van der Waals surface area (Å²) >= 11 is 0. The highest BCUT2D eigenvalue weighted by Crippen LogP contribution is 2.20. The van der Waals surface area contributed by atoms with E-state index in [9.17, 15) is 4.79 Å². The van der Waals surface area contributed by atoms with Crippen molar-refractivity contribution in [3.05, 3.63) is 71.3 Å². The van der Waals surface area contributed by atoms with E-state index in [1.165, 1.54) is 19.3 Å². The largest absolute Gasteiger partial charge is 0.368 e. The highest BCUT2D eigenvalue weighted by molar-refractivity contribution is 5.79. The number of rotatable bonds is 3. The van der Waals surface area contributed by atoms with E-state index in [-0.39, 0.29) is 0 Å². The summed E-state index contributed by atoms with van der Waals surface area (Å²) in [6.45, 7) is 0. The van der Waals surface area contributed by atoms with Crippen molar-refractivity contribution in [3.63, 3.8) is 0 Å². The van der Waals surface area contributed by atoms with Crippen molar-refractivity contribution in [2.75, 3.05) is 0 Å². The van der Waals surface area contributed by atoms with Crippen LogP contribution in [0.15, 0.2) is 54.6 Å². The lowest BCUT2D eigenvalue weighted by Crippen LogP contribution is -2.38. The number of nitrogens with two attached hydrogens (primary N) is 2. The second-order valence-corrected chi connectivity index (χ2v) is 5.32. The average Bonchev–Trinajstić information content (AvgIpc) is 2.97. The van der Waals surface area contributed by atoms with E-state index < -0.39 is 11.9 Å². The molecule has 1 atom stereocenters. The molecule has 0 fully saturated rings. The zero-order chi connectivity index (χ0) is 15.1. The van der Waals surface area contributed by atoms with E-state index in [0.717, 1.165) is 5.56 Å². The van der Waals surface area contributed by atoms with Crippen molar-refractivity contribution in [2.45, 2.75) is 31.7 Å². The zero-order valence-electron chi connectivity index (χ0n) is 12.2. The Bertz CT molecular complexity index is 558. The van der Waals surface area contributed by atoms with Gasteiger partial charge in [0.2, 0.25) is 5.91 Å². The monoisotopic (exact) mass is 282 g/mol. The maximum Gasteiger partial charge on any atom is 0.234 e. The molecule has 110 valence electrons. The standard InChI is InChI=1S/C9H12N2O.C9H10/c10-8(9(11)12)6-7-4-2-1-3-5-7;1-2-5-9-7-3-6-8(9)4-1/h1-5,8H,6,10H2,(H2,11,12);1-2,4-5H,3,6-7H2. The smallest absolute Gasteiger partial charge is 0.234 e. The van der Waals surface area contributed by atoms with E-state index in [0.29, 0.717) is 6.42 Å². The van der Waals surface area contributed by atoms with Crippen molar-refractivity contribution >= 4 is 5.91 Å². The van der Waals surface area contributed by atoms with E-state index in [2.05, 4.69) is 24.3 Å². The molecule has 0 bridgehead atoms. The van der Waals surface area contributed by atoms with Gasteiger partial charge in [0, 0.05) is 0 Å². The van der Waals surface area contributed by atoms with Crippen molar-refractivity contribution in [2.24, 2.45) is 11.5 Å². The van der Waals surface area contributed by atoms with Crippen LogP contribution in [-0.4, -0.2) is 11.9 Å². The topological polar surface area (TPSA) is 69.1 Å². The van der Waals surface area contributed by atoms with Crippen molar-refractivity contribution in [1.82, 2.24) is 0 Å². The van der Waals surface area contributed by atoms with Gasteiger partial charge >= 0.3 is 0 Å². The minimum atomic E-state index is -0.576. The number of hydrogen-bond acceptors (Lipinski definition) is 2. The number of carbonyl (C=O) groups is 1. The fourth-order valence-electron chi connectivity index (χ4n) is 2.48. The van der Waals surface area contributed by atoms with Gasteiger partial charge in [0.25, 0.3) is 0 Å². The molecule has 0 spiro atoms. The first kappa shape index (κ1) is 15.3. The Kier molecular flexibility index (Phi) is 5.52. The van der Waals surface area contributed by atoms with Gasteiger partial charge in [-0.2, -0.15) is 0 Å². The fraction of sp³-hybridized carbons (Fsp3) is 0.278. The molecule has 1 amide bonds. The molecule has 3 heteroatoms. The van der Waals surface area contributed by atoms with Crippen LogP contribution in [0.5, 0.6) is 0 Å². The first-order valence-electron chi connectivity index (χ1n) is 7.32. The quantitative estimate of drug-likeness (QED) is 0.906. The van der Waals surface area contributed by atoms with E-state index in [4.69, 9.17) is 11.5 Å². The molecular formula is C18H22N2O. The molecule has 0 aliphatic heterocycles. The Hall–Kier alpha value is -2.13. The van der Waals surface area contributed by atoms with Crippen LogP contribution in [0.2, 0.25) is 0 Å². The van der Waals surface area contributed by atoms with Crippen LogP contribution in [0.1, 0.15) is 23.1 Å². The highest BCUT2D eigenvalue weighted by Gasteiger charge is 2.09.